The van der Waals surface area contributed by atoms with E-state index in [0.29, 0.717) is 23.0 Å². The van der Waals surface area contributed by atoms with Crippen LogP contribution in [0.1, 0.15) is 22.3 Å². The van der Waals surface area contributed by atoms with Crippen molar-refractivity contribution in [1.82, 2.24) is 0 Å². The number of anilines is 1. The minimum absolute atomic E-state index is 0.121. The summed E-state index contributed by atoms with van der Waals surface area (Å²) in [6.45, 7) is 0. The van der Waals surface area contributed by atoms with Crippen LogP contribution in [-0.4, -0.2) is 17.0 Å². The molecule has 0 bridgehead atoms. The molecule has 108 valence electrons. The second kappa shape index (κ2) is 7.04. The van der Waals surface area contributed by atoms with Gasteiger partial charge >= 0.3 is 5.97 Å². The standard InChI is InChI=1S/C16H14BrNO3/c17-14-8-7-12(10-13(14)16(20)21)18-15(19)9-6-11-4-2-1-3-5-11/h1-5,7-8,10H,6,9H2,(H,18,19)(H,20,21). The van der Waals surface area contributed by atoms with E-state index in [4.69, 9.17) is 5.11 Å². The molecule has 0 unspecified atom stereocenters. The normalized spacial score (nSPS) is 10.1. The van der Waals surface area contributed by atoms with Gasteiger partial charge in [0.05, 0.1) is 5.56 Å². The number of carbonyl (C=O) groups is 2. The van der Waals surface area contributed by atoms with E-state index < -0.39 is 5.97 Å². The Balaban J connectivity index is 1.97. The van der Waals surface area contributed by atoms with Crippen molar-refractivity contribution in [1.29, 1.82) is 0 Å². The Kier molecular flexibility index (Phi) is 5.11. The van der Waals surface area contributed by atoms with Gasteiger partial charge < -0.3 is 10.4 Å². The summed E-state index contributed by atoms with van der Waals surface area (Å²) in [4.78, 5) is 22.9. The van der Waals surface area contributed by atoms with E-state index in [9.17, 15) is 9.59 Å². The van der Waals surface area contributed by atoms with Crippen LogP contribution in [0.15, 0.2) is 53.0 Å². The van der Waals surface area contributed by atoms with Crippen molar-refractivity contribution in [2.24, 2.45) is 0 Å². The molecule has 0 radical (unpaired) electrons. The lowest BCUT2D eigenvalue weighted by atomic mass is 10.1. The third-order valence-electron chi connectivity index (χ3n) is 2.96. The fourth-order valence-corrected chi connectivity index (χ4v) is 2.31. The third kappa shape index (κ3) is 4.43. The summed E-state index contributed by atoms with van der Waals surface area (Å²) in [7, 11) is 0. The Morgan fingerprint density at radius 2 is 1.81 bits per heavy atom. The number of carboxylic acids is 1. The summed E-state index contributed by atoms with van der Waals surface area (Å²) in [6, 6.07) is 14.4. The molecule has 21 heavy (non-hydrogen) atoms. The number of aryl methyl sites for hydroxylation is 1. The second-order valence-electron chi connectivity index (χ2n) is 4.53. The second-order valence-corrected chi connectivity index (χ2v) is 5.39. The topological polar surface area (TPSA) is 66.4 Å². The fraction of sp³-hybridized carbons (Fsp3) is 0.125. The van der Waals surface area contributed by atoms with E-state index in [1.807, 2.05) is 30.3 Å². The van der Waals surface area contributed by atoms with Gasteiger partial charge in [-0.25, -0.2) is 4.79 Å². The maximum atomic E-state index is 11.9. The number of carbonyl (C=O) groups excluding carboxylic acids is 1. The van der Waals surface area contributed by atoms with Gasteiger partial charge in [-0.3, -0.25) is 4.79 Å². The quantitative estimate of drug-likeness (QED) is 0.866. The van der Waals surface area contributed by atoms with Crippen molar-refractivity contribution < 1.29 is 14.7 Å². The largest absolute Gasteiger partial charge is 0.478 e. The summed E-state index contributed by atoms with van der Waals surface area (Å²) >= 11 is 3.17. The molecule has 5 heteroatoms. The zero-order chi connectivity index (χ0) is 15.2. The van der Waals surface area contributed by atoms with Gasteiger partial charge in [-0.15, -0.1) is 0 Å². The van der Waals surface area contributed by atoms with E-state index in [-0.39, 0.29) is 11.5 Å². The number of amides is 1. The fourth-order valence-electron chi connectivity index (χ4n) is 1.89. The van der Waals surface area contributed by atoms with E-state index in [2.05, 4.69) is 21.2 Å². The number of carboxylic acid groups (broad SMARTS) is 1. The first kappa shape index (κ1) is 15.3. The molecule has 0 aliphatic carbocycles. The number of rotatable bonds is 5. The van der Waals surface area contributed by atoms with Gasteiger partial charge in [0.15, 0.2) is 0 Å². The highest BCUT2D eigenvalue weighted by molar-refractivity contribution is 9.10. The number of benzene rings is 2. The molecule has 2 N–H and O–H groups in total. The third-order valence-corrected chi connectivity index (χ3v) is 3.66. The summed E-state index contributed by atoms with van der Waals surface area (Å²) in [6.07, 6.45) is 0.997. The maximum Gasteiger partial charge on any atom is 0.336 e. The predicted molar refractivity (Wildman–Crippen MR) is 84.5 cm³/mol. The van der Waals surface area contributed by atoms with Crippen molar-refractivity contribution in [2.45, 2.75) is 12.8 Å². The molecule has 0 fully saturated rings. The van der Waals surface area contributed by atoms with Gasteiger partial charge in [0, 0.05) is 16.6 Å². The molecule has 0 spiro atoms. The summed E-state index contributed by atoms with van der Waals surface area (Å²) in [5.41, 5.74) is 1.69. The average molecular weight is 348 g/mol. The Bertz CT molecular complexity index is 656. The Morgan fingerprint density at radius 1 is 1.10 bits per heavy atom. The SMILES string of the molecule is O=C(CCc1ccccc1)Nc1ccc(Br)c(C(=O)O)c1. The maximum absolute atomic E-state index is 11.9. The number of hydrogen-bond acceptors (Lipinski definition) is 2. The molecule has 0 aliphatic rings. The predicted octanol–water partition coefficient (Wildman–Crippen LogP) is 3.72. The number of aromatic carboxylic acids is 1. The van der Waals surface area contributed by atoms with E-state index in [1.54, 1.807) is 12.1 Å². The highest BCUT2D eigenvalue weighted by atomic mass is 79.9. The molecule has 2 aromatic carbocycles. The minimum atomic E-state index is -1.04. The number of nitrogens with one attached hydrogen (secondary N) is 1. The van der Waals surface area contributed by atoms with Crippen molar-refractivity contribution in [3.05, 3.63) is 64.1 Å². The smallest absolute Gasteiger partial charge is 0.336 e. The molecule has 0 aromatic heterocycles. The van der Waals surface area contributed by atoms with Gasteiger partial charge in [-0.05, 0) is 46.1 Å². The number of halogens is 1. The molecule has 4 nitrogen and oxygen atoms in total. The molecular formula is C16H14BrNO3. The van der Waals surface area contributed by atoms with Crippen LogP contribution < -0.4 is 5.32 Å². The summed E-state index contributed by atoms with van der Waals surface area (Å²) < 4.78 is 0.484. The van der Waals surface area contributed by atoms with Crippen molar-refractivity contribution in [2.75, 3.05) is 5.32 Å². The van der Waals surface area contributed by atoms with E-state index in [1.165, 1.54) is 6.07 Å². The zero-order valence-corrected chi connectivity index (χ0v) is 12.8. The van der Waals surface area contributed by atoms with Crippen molar-refractivity contribution >= 4 is 33.5 Å². The molecule has 1 amide bonds. The highest BCUT2D eigenvalue weighted by Gasteiger charge is 2.10. The van der Waals surface area contributed by atoms with Crippen LogP contribution in [0, 0.1) is 0 Å². The lowest BCUT2D eigenvalue weighted by molar-refractivity contribution is -0.116. The summed E-state index contributed by atoms with van der Waals surface area (Å²) in [5.74, 6) is -1.18. The van der Waals surface area contributed by atoms with Crippen LogP contribution in [0.3, 0.4) is 0 Å². The zero-order valence-electron chi connectivity index (χ0n) is 11.2. The van der Waals surface area contributed by atoms with Gasteiger partial charge in [0.25, 0.3) is 0 Å². The highest BCUT2D eigenvalue weighted by Crippen LogP contribution is 2.21. The van der Waals surface area contributed by atoms with Crippen molar-refractivity contribution in [3.8, 4) is 0 Å². The first-order valence-electron chi connectivity index (χ1n) is 6.43. The van der Waals surface area contributed by atoms with Crippen LogP contribution in [0.5, 0.6) is 0 Å². The Labute approximate surface area is 130 Å². The van der Waals surface area contributed by atoms with E-state index in [0.717, 1.165) is 5.56 Å². The lowest BCUT2D eigenvalue weighted by Gasteiger charge is -2.07. The van der Waals surface area contributed by atoms with Crippen LogP contribution >= 0.6 is 15.9 Å². The molecule has 2 aromatic rings. The molecular weight excluding hydrogens is 334 g/mol. The minimum Gasteiger partial charge on any atom is -0.478 e. The van der Waals surface area contributed by atoms with Crippen LogP contribution in [0.2, 0.25) is 0 Å². The molecule has 0 heterocycles. The van der Waals surface area contributed by atoms with E-state index >= 15 is 0 Å². The van der Waals surface area contributed by atoms with Crippen molar-refractivity contribution in [3.63, 3.8) is 0 Å². The number of hydrogen-bond donors (Lipinski definition) is 2. The monoisotopic (exact) mass is 347 g/mol. The Morgan fingerprint density at radius 3 is 2.48 bits per heavy atom. The molecule has 0 saturated carbocycles. The van der Waals surface area contributed by atoms with Crippen LogP contribution in [-0.2, 0) is 11.2 Å². The van der Waals surface area contributed by atoms with Gasteiger partial charge in [-0.2, -0.15) is 0 Å². The first-order valence-corrected chi connectivity index (χ1v) is 7.22. The molecule has 0 atom stereocenters. The van der Waals surface area contributed by atoms with Gasteiger partial charge in [0.2, 0.25) is 5.91 Å². The lowest BCUT2D eigenvalue weighted by Crippen LogP contribution is -2.13. The average Bonchev–Trinajstić information content (AvgIpc) is 2.48. The Hall–Kier alpha value is -2.14. The van der Waals surface area contributed by atoms with Gasteiger partial charge in [-0.1, -0.05) is 30.3 Å². The summed E-state index contributed by atoms with van der Waals surface area (Å²) in [5, 5.41) is 11.7. The first-order chi connectivity index (χ1) is 10.1. The van der Waals surface area contributed by atoms with Crippen LogP contribution in [0.25, 0.3) is 0 Å². The molecule has 0 saturated heterocycles. The van der Waals surface area contributed by atoms with Gasteiger partial charge in [0.1, 0.15) is 0 Å². The van der Waals surface area contributed by atoms with Crippen LogP contribution in [0.4, 0.5) is 5.69 Å². The molecule has 2 rings (SSSR count). The molecule has 0 aliphatic heterocycles.